The molecule has 2 rings (SSSR count). The first kappa shape index (κ1) is 11.5. The number of aromatic nitrogens is 1. The van der Waals surface area contributed by atoms with Crippen LogP contribution < -0.4 is 0 Å². The number of benzene rings is 1. The second-order valence-corrected chi connectivity index (χ2v) is 3.85. The summed E-state index contributed by atoms with van der Waals surface area (Å²) in [6, 6.07) is 8.24. The van der Waals surface area contributed by atoms with Crippen LogP contribution in [0.25, 0.3) is 17.1 Å². The number of nitrogens with zero attached hydrogens (tertiary/aromatic N) is 1. The van der Waals surface area contributed by atoms with Crippen molar-refractivity contribution in [1.29, 1.82) is 0 Å². The second kappa shape index (κ2) is 4.87. The minimum absolute atomic E-state index is 0.318. The molecule has 3 nitrogen and oxygen atoms in total. The number of hydrogen-bond acceptors (Lipinski definition) is 2. The molecule has 0 aliphatic carbocycles. The molecule has 0 spiro atoms. The van der Waals surface area contributed by atoms with Crippen LogP contribution in [-0.2, 0) is 9.53 Å². The van der Waals surface area contributed by atoms with Crippen molar-refractivity contribution < 1.29 is 9.53 Å². The van der Waals surface area contributed by atoms with Gasteiger partial charge in [0.05, 0.1) is 12.1 Å². The van der Waals surface area contributed by atoms with Crippen LogP contribution >= 0.6 is 0 Å². The summed E-state index contributed by atoms with van der Waals surface area (Å²) in [5.74, 6) is -0.318. The van der Waals surface area contributed by atoms with Crippen molar-refractivity contribution in [3.05, 3.63) is 42.1 Å². The van der Waals surface area contributed by atoms with E-state index in [0.717, 1.165) is 5.52 Å². The maximum Gasteiger partial charge on any atom is 0.332 e. The van der Waals surface area contributed by atoms with Crippen molar-refractivity contribution >= 4 is 23.1 Å². The van der Waals surface area contributed by atoms with Gasteiger partial charge in [-0.3, -0.25) is 0 Å². The zero-order chi connectivity index (χ0) is 12.3. The molecule has 0 fully saturated rings. The molecule has 0 radical (unpaired) electrons. The molecule has 3 heteroatoms. The lowest BCUT2D eigenvalue weighted by Gasteiger charge is -1.99. The molecule has 0 aliphatic rings. The van der Waals surface area contributed by atoms with Crippen molar-refractivity contribution in [1.82, 2.24) is 4.57 Å². The van der Waals surface area contributed by atoms with Gasteiger partial charge in [-0.1, -0.05) is 11.6 Å². The Morgan fingerprint density at radius 3 is 3.00 bits per heavy atom. The summed E-state index contributed by atoms with van der Waals surface area (Å²) in [5.41, 5.74) is 2.31. The summed E-state index contributed by atoms with van der Waals surface area (Å²) >= 11 is 0. The molecule has 0 amide bonds. The van der Waals surface area contributed by atoms with E-state index in [1.807, 2.05) is 22.9 Å². The highest BCUT2D eigenvalue weighted by Crippen LogP contribution is 2.17. The number of carbonyl (C=O) groups excluding carboxylic acids is 1. The van der Waals surface area contributed by atoms with Gasteiger partial charge in [-0.25, -0.2) is 4.79 Å². The van der Waals surface area contributed by atoms with Crippen LogP contribution in [0.2, 0.25) is 0 Å². The number of fused-ring (bicyclic) bond motifs is 1. The van der Waals surface area contributed by atoms with Crippen molar-refractivity contribution in [2.45, 2.75) is 13.8 Å². The van der Waals surface area contributed by atoms with Gasteiger partial charge < -0.3 is 9.30 Å². The van der Waals surface area contributed by atoms with Crippen molar-refractivity contribution in [3.63, 3.8) is 0 Å². The summed E-state index contributed by atoms with van der Waals surface area (Å²) < 4.78 is 6.74. The molecule has 2 aromatic rings. The van der Waals surface area contributed by atoms with Crippen LogP contribution in [0.4, 0.5) is 0 Å². The molecule has 0 saturated carbocycles. The highest BCUT2D eigenvalue weighted by atomic mass is 16.5. The first-order chi connectivity index (χ1) is 8.20. The topological polar surface area (TPSA) is 31.2 Å². The Balaban J connectivity index is 2.28. The minimum Gasteiger partial charge on any atom is -0.463 e. The molecule has 17 heavy (non-hydrogen) atoms. The predicted octanol–water partition coefficient (Wildman–Crippen LogP) is 2.98. The fourth-order valence-electron chi connectivity index (χ4n) is 1.74. The van der Waals surface area contributed by atoms with Crippen molar-refractivity contribution in [2.75, 3.05) is 6.61 Å². The van der Waals surface area contributed by atoms with Crippen molar-refractivity contribution in [3.8, 4) is 0 Å². The summed E-state index contributed by atoms with van der Waals surface area (Å²) in [6.07, 6.45) is 5.08. The van der Waals surface area contributed by atoms with Crippen LogP contribution in [0.15, 0.2) is 36.5 Å². The summed E-state index contributed by atoms with van der Waals surface area (Å²) in [4.78, 5) is 11.2. The van der Waals surface area contributed by atoms with Crippen LogP contribution in [0.1, 0.15) is 12.5 Å². The Morgan fingerprint density at radius 2 is 2.24 bits per heavy atom. The Kier molecular flexibility index (Phi) is 3.28. The molecule has 1 heterocycles. The summed E-state index contributed by atoms with van der Waals surface area (Å²) in [6.45, 7) is 4.25. The molecule has 1 aromatic heterocycles. The van der Waals surface area contributed by atoms with Gasteiger partial charge in [-0.2, -0.15) is 0 Å². The summed E-state index contributed by atoms with van der Waals surface area (Å²) in [7, 11) is 0. The monoisotopic (exact) mass is 229 g/mol. The summed E-state index contributed by atoms with van der Waals surface area (Å²) in [5, 5.41) is 1.17. The van der Waals surface area contributed by atoms with Crippen LogP contribution in [0.3, 0.4) is 0 Å². The number of ether oxygens (including phenoxy) is 1. The molecular formula is C14H15NO2. The third-order valence-corrected chi connectivity index (χ3v) is 2.53. The molecular weight excluding hydrogens is 214 g/mol. The third-order valence-electron chi connectivity index (χ3n) is 2.53. The number of aryl methyl sites for hydroxylation is 1. The number of esters is 1. The Labute approximate surface area is 100 Å². The van der Waals surface area contributed by atoms with Crippen LogP contribution in [-0.4, -0.2) is 17.1 Å². The fourth-order valence-corrected chi connectivity index (χ4v) is 1.74. The molecule has 0 bridgehead atoms. The average molecular weight is 229 g/mol. The van der Waals surface area contributed by atoms with E-state index in [4.69, 9.17) is 4.74 Å². The number of rotatable bonds is 3. The van der Waals surface area contributed by atoms with Gasteiger partial charge >= 0.3 is 5.97 Å². The molecule has 0 aliphatic heterocycles. The van der Waals surface area contributed by atoms with Gasteiger partial charge in [0.15, 0.2) is 0 Å². The van der Waals surface area contributed by atoms with Crippen LogP contribution in [0.5, 0.6) is 0 Å². The lowest BCUT2D eigenvalue weighted by Crippen LogP contribution is -1.99. The van der Waals surface area contributed by atoms with E-state index in [-0.39, 0.29) is 5.97 Å². The van der Waals surface area contributed by atoms with Gasteiger partial charge in [-0.05, 0) is 32.0 Å². The minimum atomic E-state index is -0.318. The Morgan fingerprint density at radius 1 is 1.41 bits per heavy atom. The molecule has 0 unspecified atom stereocenters. The highest BCUT2D eigenvalue weighted by molar-refractivity contribution is 5.87. The van der Waals surface area contributed by atoms with Gasteiger partial charge in [0.1, 0.15) is 0 Å². The average Bonchev–Trinajstić information content (AvgIpc) is 2.69. The van der Waals surface area contributed by atoms with E-state index in [1.54, 1.807) is 13.1 Å². The van der Waals surface area contributed by atoms with Gasteiger partial charge in [0.25, 0.3) is 0 Å². The lowest BCUT2D eigenvalue weighted by atomic mass is 10.2. The smallest absolute Gasteiger partial charge is 0.332 e. The normalized spacial score (nSPS) is 11.2. The molecule has 1 aromatic carbocycles. The van der Waals surface area contributed by atoms with E-state index in [1.165, 1.54) is 17.0 Å². The van der Waals surface area contributed by atoms with E-state index in [0.29, 0.717) is 6.61 Å². The standard InChI is InChI=1S/C14H15NO2/c1-3-17-14(16)7-9-15-8-6-12-10-11(2)4-5-13(12)15/h4-10H,3H2,1-2H3/b9-7-. The van der Waals surface area contributed by atoms with Gasteiger partial charge in [-0.15, -0.1) is 0 Å². The predicted molar refractivity (Wildman–Crippen MR) is 68.6 cm³/mol. The SMILES string of the molecule is CCOC(=O)/C=C\n1ccc2cc(C)ccc21. The van der Waals surface area contributed by atoms with E-state index in [2.05, 4.69) is 19.1 Å². The lowest BCUT2D eigenvalue weighted by molar-refractivity contribution is -0.137. The number of carbonyl (C=O) groups is 1. The Hall–Kier alpha value is -2.03. The van der Waals surface area contributed by atoms with Gasteiger partial charge in [0.2, 0.25) is 0 Å². The van der Waals surface area contributed by atoms with Gasteiger partial charge in [0, 0.05) is 23.9 Å². The molecule has 88 valence electrons. The quantitative estimate of drug-likeness (QED) is 0.598. The van der Waals surface area contributed by atoms with Crippen molar-refractivity contribution in [2.24, 2.45) is 0 Å². The first-order valence-electron chi connectivity index (χ1n) is 5.63. The third kappa shape index (κ3) is 2.56. The largest absolute Gasteiger partial charge is 0.463 e. The van der Waals surface area contributed by atoms with E-state index >= 15 is 0 Å². The van der Waals surface area contributed by atoms with E-state index in [9.17, 15) is 4.79 Å². The fraction of sp³-hybridized carbons (Fsp3) is 0.214. The number of hydrogen-bond donors (Lipinski definition) is 0. The first-order valence-corrected chi connectivity index (χ1v) is 5.63. The zero-order valence-corrected chi connectivity index (χ0v) is 10.0. The van der Waals surface area contributed by atoms with Crippen LogP contribution in [0, 0.1) is 6.92 Å². The molecule has 0 saturated heterocycles. The highest BCUT2D eigenvalue weighted by Gasteiger charge is 1.99. The zero-order valence-electron chi connectivity index (χ0n) is 10.0. The maximum absolute atomic E-state index is 11.2. The second-order valence-electron chi connectivity index (χ2n) is 3.85. The Bertz CT molecular complexity index is 567. The van der Waals surface area contributed by atoms with E-state index < -0.39 is 0 Å². The maximum atomic E-state index is 11.2. The molecule has 0 N–H and O–H groups in total. The molecule has 0 atom stereocenters.